The van der Waals surface area contributed by atoms with Crippen LogP contribution in [0.4, 0.5) is 0 Å². The van der Waals surface area contributed by atoms with Crippen LogP contribution in [0.1, 0.15) is 31.7 Å². The van der Waals surface area contributed by atoms with Gasteiger partial charge in [0.25, 0.3) is 0 Å². The van der Waals surface area contributed by atoms with E-state index in [0.29, 0.717) is 12.6 Å². The van der Waals surface area contributed by atoms with E-state index in [-0.39, 0.29) is 11.5 Å². The Bertz CT molecular complexity index is 361. The second-order valence-electron chi connectivity index (χ2n) is 4.77. The van der Waals surface area contributed by atoms with E-state index in [9.17, 15) is 5.11 Å². The molecule has 1 aromatic rings. The van der Waals surface area contributed by atoms with Crippen molar-refractivity contribution in [1.29, 1.82) is 0 Å². The summed E-state index contributed by atoms with van der Waals surface area (Å²) in [6, 6.07) is 5.22. The molecule has 3 nitrogen and oxygen atoms in total. The minimum absolute atomic E-state index is 0.104. The highest BCUT2D eigenvalue weighted by Gasteiger charge is 2.23. The third-order valence-corrected chi connectivity index (χ3v) is 3.09. The van der Waals surface area contributed by atoms with Crippen molar-refractivity contribution in [2.45, 2.75) is 38.8 Å². The summed E-state index contributed by atoms with van der Waals surface area (Å²) in [5, 5.41) is 22.1. The topological polar surface area (TPSA) is 52.5 Å². The van der Waals surface area contributed by atoms with Gasteiger partial charge >= 0.3 is 0 Å². The van der Waals surface area contributed by atoms with Crippen LogP contribution < -0.4 is 5.32 Å². The van der Waals surface area contributed by atoms with Crippen LogP contribution in [0, 0.1) is 5.92 Å². The van der Waals surface area contributed by atoms with Crippen LogP contribution in [0.3, 0.4) is 0 Å². The standard InChI is InChI=1S/C13H19NO2/c1-9(6-10-2-3-10)14-8-11-4-5-12(15)7-13(11)16/h4-5,7,9-10,14-16H,2-3,6,8H2,1H3. The molecule has 0 aliphatic heterocycles. The predicted octanol–water partition coefficient (Wildman–Crippen LogP) is 2.38. The summed E-state index contributed by atoms with van der Waals surface area (Å²) in [6.45, 7) is 2.83. The van der Waals surface area contributed by atoms with E-state index in [1.807, 2.05) is 0 Å². The van der Waals surface area contributed by atoms with E-state index in [2.05, 4.69) is 12.2 Å². The van der Waals surface area contributed by atoms with Crippen molar-refractivity contribution < 1.29 is 10.2 Å². The van der Waals surface area contributed by atoms with E-state index in [4.69, 9.17) is 5.11 Å². The second kappa shape index (κ2) is 4.74. The number of rotatable bonds is 5. The first-order valence-electron chi connectivity index (χ1n) is 5.89. The van der Waals surface area contributed by atoms with E-state index < -0.39 is 0 Å². The van der Waals surface area contributed by atoms with Crippen molar-refractivity contribution in [3.05, 3.63) is 23.8 Å². The molecule has 1 aromatic carbocycles. The molecule has 1 aliphatic rings. The van der Waals surface area contributed by atoms with Gasteiger partial charge in [0, 0.05) is 24.2 Å². The summed E-state index contributed by atoms with van der Waals surface area (Å²) in [5.74, 6) is 1.18. The quantitative estimate of drug-likeness (QED) is 0.715. The Morgan fingerprint density at radius 3 is 2.75 bits per heavy atom. The van der Waals surface area contributed by atoms with Crippen molar-refractivity contribution in [1.82, 2.24) is 5.32 Å². The molecule has 1 atom stereocenters. The van der Waals surface area contributed by atoms with Gasteiger partial charge in [-0.2, -0.15) is 0 Å². The van der Waals surface area contributed by atoms with Crippen molar-refractivity contribution in [2.75, 3.05) is 0 Å². The van der Waals surface area contributed by atoms with Gasteiger partial charge in [0.1, 0.15) is 11.5 Å². The fraction of sp³-hybridized carbons (Fsp3) is 0.538. The summed E-state index contributed by atoms with van der Waals surface area (Å²) >= 11 is 0. The fourth-order valence-corrected chi connectivity index (χ4v) is 1.92. The molecule has 0 amide bonds. The number of phenols is 2. The van der Waals surface area contributed by atoms with Crippen molar-refractivity contribution in [2.24, 2.45) is 5.92 Å². The molecule has 0 saturated heterocycles. The average molecular weight is 221 g/mol. The summed E-state index contributed by atoms with van der Waals surface area (Å²) < 4.78 is 0. The molecule has 1 aliphatic carbocycles. The smallest absolute Gasteiger partial charge is 0.123 e. The summed E-state index contributed by atoms with van der Waals surface area (Å²) in [4.78, 5) is 0. The van der Waals surface area contributed by atoms with Crippen molar-refractivity contribution in [3.63, 3.8) is 0 Å². The zero-order valence-electron chi connectivity index (χ0n) is 9.61. The molecule has 3 N–H and O–H groups in total. The van der Waals surface area contributed by atoms with Gasteiger partial charge in [0.2, 0.25) is 0 Å². The van der Waals surface area contributed by atoms with Crippen LogP contribution in [-0.2, 0) is 6.54 Å². The molecule has 3 heteroatoms. The van der Waals surface area contributed by atoms with Gasteiger partial charge in [-0.05, 0) is 25.3 Å². The van der Waals surface area contributed by atoms with Gasteiger partial charge in [-0.3, -0.25) is 0 Å². The first-order chi connectivity index (χ1) is 7.65. The summed E-state index contributed by atoms with van der Waals surface area (Å²) in [6.07, 6.45) is 3.96. The molecule has 0 aromatic heterocycles. The monoisotopic (exact) mass is 221 g/mol. The highest BCUT2D eigenvalue weighted by atomic mass is 16.3. The van der Waals surface area contributed by atoms with Crippen LogP contribution in [-0.4, -0.2) is 16.3 Å². The first-order valence-corrected chi connectivity index (χ1v) is 5.89. The van der Waals surface area contributed by atoms with E-state index in [0.717, 1.165) is 11.5 Å². The number of hydrogen-bond donors (Lipinski definition) is 3. The minimum atomic E-state index is 0.104. The zero-order valence-corrected chi connectivity index (χ0v) is 9.61. The van der Waals surface area contributed by atoms with Crippen LogP contribution in [0.25, 0.3) is 0 Å². The second-order valence-corrected chi connectivity index (χ2v) is 4.77. The van der Waals surface area contributed by atoms with Gasteiger partial charge in [0.05, 0.1) is 0 Å². The Morgan fingerprint density at radius 1 is 1.38 bits per heavy atom. The molecule has 0 spiro atoms. The number of benzene rings is 1. The van der Waals surface area contributed by atoms with Gasteiger partial charge < -0.3 is 15.5 Å². The maximum Gasteiger partial charge on any atom is 0.123 e. The molecule has 1 unspecified atom stereocenters. The molecular weight excluding hydrogens is 202 g/mol. The molecule has 1 fully saturated rings. The third-order valence-electron chi connectivity index (χ3n) is 3.09. The van der Waals surface area contributed by atoms with E-state index >= 15 is 0 Å². The zero-order chi connectivity index (χ0) is 11.5. The van der Waals surface area contributed by atoms with Crippen LogP contribution in [0.5, 0.6) is 11.5 Å². The molecule has 0 heterocycles. The lowest BCUT2D eigenvalue weighted by molar-refractivity contribution is 0.436. The SMILES string of the molecule is CC(CC1CC1)NCc1ccc(O)cc1O. The highest BCUT2D eigenvalue weighted by Crippen LogP contribution is 2.33. The number of hydrogen-bond acceptors (Lipinski definition) is 3. The van der Waals surface area contributed by atoms with Gasteiger partial charge in [-0.25, -0.2) is 0 Å². The number of nitrogens with one attached hydrogen (secondary N) is 1. The van der Waals surface area contributed by atoms with Gasteiger partial charge in [0.15, 0.2) is 0 Å². The molecule has 0 radical (unpaired) electrons. The predicted molar refractivity (Wildman–Crippen MR) is 63.4 cm³/mol. The van der Waals surface area contributed by atoms with E-state index in [1.54, 1.807) is 12.1 Å². The van der Waals surface area contributed by atoms with Crippen LogP contribution in [0.2, 0.25) is 0 Å². The average Bonchev–Trinajstić information content (AvgIpc) is 3.00. The lowest BCUT2D eigenvalue weighted by Gasteiger charge is -2.14. The molecular formula is C13H19NO2. The normalized spacial score (nSPS) is 17.3. The van der Waals surface area contributed by atoms with Gasteiger partial charge in [-0.15, -0.1) is 0 Å². The Labute approximate surface area is 96.1 Å². The Balaban J connectivity index is 1.83. The molecule has 1 saturated carbocycles. The maximum atomic E-state index is 9.60. The lowest BCUT2D eigenvalue weighted by atomic mass is 10.1. The van der Waals surface area contributed by atoms with Crippen molar-refractivity contribution in [3.8, 4) is 11.5 Å². The summed E-state index contributed by atoms with van der Waals surface area (Å²) in [7, 11) is 0. The van der Waals surface area contributed by atoms with Gasteiger partial charge in [-0.1, -0.05) is 18.9 Å². The molecule has 88 valence electrons. The lowest BCUT2D eigenvalue weighted by Crippen LogP contribution is -2.25. The first kappa shape index (κ1) is 11.3. The van der Waals surface area contributed by atoms with Crippen molar-refractivity contribution >= 4 is 0 Å². The Kier molecular flexibility index (Phi) is 3.34. The number of phenolic OH excluding ortho intramolecular Hbond substituents is 2. The maximum absolute atomic E-state index is 9.60. The highest BCUT2D eigenvalue weighted by molar-refractivity contribution is 5.38. The molecule has 16 heavy (non-hydrogen) atoms. The number of aromatic hydroxyl groups is 2. The van der Waals surface area contributed by atoms with E-state index in [1.165, 1.54) is 25.3 Å². The van der Waals surface area contributed by atoms with Crippen LogP contribution in [0.15, 0.2) is 18.2 Å². The third kappa shape index (κ3) is 3.14. The Morgan fingerprint density at radius 2 is 2.12 bits per heavy atom. The molecule has 0 bridgehead atoms. The summed E-state index contributed by atoms with van der Waals surface area (Å²) in [5.41, 5.74) is 0.834. The van der Waals surface area contributed by atoms with Crippen LogP contribution >= 0.6 is 0 Å². The largest absolute Gasteiger partial charge is 0.508 e. The Hall–Kier alpha value is -1.22. The molecule has 2 rings (SSSR count). The minimum Gasteiger partial charge on any atom is -0.508 e. The fourth-order valence-electron chi connectivity index (χ4n) is 1.92.